The van der Waals surface area contributed by atoms with Gasteiger partial charge in [0, 0.05) is 28.9 Å². The summed E-state index contributed by atoms with van der Waals surface area (Å²) in [5.74, 6) is 0.731. The van der Waals surface area contributed by atoms with E-state index in [1.54, 1.807) is 0 Å². The quantitative estimate of drug-likeness (QED) is 0.502. The number of benzene rings is 1. The molecule has 0 aliphatic carbocycles. The molecule has 0 aliphatic rings. The van der Waals surface area contributed by atoms with Crippen molar-refractivity contribution in [1.82, 2.24) is 16.0 Å². The lowest BCUT2D eigenvalue weighted by atomic mass is 10.1. The molecule has 5 nitrogen and oxygen atoms in total. The van der Waals surface area contributed by atoms with E-state index in [1.165, 1.54) is 0 Å². The summed E-state index contributed by atoms with van der Waals surface area (Å²) < 4.78 is 0.140. The summed E-state index contributed by atoms with van der Waals surface area (Å²) in [7, 11) is 0. The summed E-state index contributed by atoms with van der Waals surface area (Å²) in [6.45, 7) is 14.5. The Kier molecular flexibility index (Phi) is 8.47. The molecule has 0 spiro atoms. The van der Waals surface area contributed by atoms with Gasteiger partial charge in [0.05, 0.1) is 6.54 Å². The monoisotopic (exact) mass is 378 g/mol. The first-order valence-electron chi connectivity index (χ1n) is 9.05. The summed E-state index contributed by atoms with van der Waals surface area (Å²) in [5, 5.41) is 9.65. The zero-order chi connectivity index (χ0) is 19.8. The van der Waals surface area contributed by atoms with Crippen LogP contribution in [0, 0.1) is 0 Å². The van der Waals surface area contributed by atoms with E-state index in [1.807, 2.05) is 63.7 Å². The maximum absolute atomic E-state index is 12.3. The van der Waals surface area contributed by atoms with Crippen molar-refractivity contribution in [3.8, 4) is 0 Å². The molecule has 3 N–H and O–H groups in total. The first-order valence-corrected chi connectivity index (χ1v) is 10.3. The number of nitrogens with one attached hydrogen (secondary N) is 3. The molecule has 0 radical (unpaired) electrons. The average Bonchev–Trinajstić information content (AvgIpc) is 2.56. The van der Waals surface area contributed by atoms with Crippen LogP contribution in [0.5, 0.6) is 0 Å². The molecule has 6 heteroatoms. The van der Waals surface area contributed by atoms with E-state index in [4.69, 9.17) is 0 Å². The number of amides is 1. The molecule has 0 saturated heterocycles. The van der Waals surface area contributed by atoms with Gasteiger partial charge in [-0.05, 0) is 65.5 Å². The Hall–Kier alpha value is -1.69. The summed E-state index contributed by atoms with van der Waals surface area (Å²) in [6.07, 6.45) is 2.11. The summed E-state index contributed by atoms with van der Waals surface area (Å²) >= 11 is 1.82. The van der Waals surface area contributed by atoms with Gasteiger partial charge in [-0.1, -0.05) is 12.1 Å². The van der Waals surface area contributed by atoms with Gasteiger partial charge in [0.1, 0.15) is 0 Å². The molecule has 0 unspecified atom stereocenters. The van der Waals surface area contributed by atoms with Gasteiger partial charge in [-0.3, -0.25) is 4.79 Å². The van der Waals surface area contributed by atoms with Crippen LogP contribution >= 0.6 is 11.8 Å². The molecule has 0 heterocycles. The van der Waals surface area contributed by atoms with Gasteiger partial charge in [-0.15, -0.1) is 0 Å². The molecule has 0 atom stereocenters. The second-order valence-corrected chi connectivity index (χ2v) is 9.43. The maximum Gasteiger partial charge on any atom is 0.251 e. The minimum absolute atomic E-state index is 0.0601. The van der Waals surface area contributed by atoms with Crippen LogP contribution in [-0.2, 0) is 6.54 Å². The van der Waals surface area contributed by atoms with Crippen LogP contribution in [0.4, 0.5) is 0 Å². The van der Waals surface area contributed by atoms with Crippen molar-refractivity contribution in [1.29, 1.82) is 0 Å². The van der Waals surface area contributed by atoms with Crippen molar-refractivity contribution < 1.29 is 4.79 Å². The number of guanidine groups is 1. The molecule has 0 aromatic heterocycles. The molecule has 0 bridgehead atoms. The fourth-order valence-electron chi connectivity index (χ4n) is 2.10. The van der Waals surface area contributed by atoms with Gasteiger partial charge in [0.25, 0.3) is 5.91 Å². The number of hydrogen-bond acceptors (Lipinski definition) is 3. The number of carbonyl (C=O) groups excluding carboxylic acids is 1. The number of hydrogen-bond donors (Lipinski definition) is 3. The third-order valence-corrected chi connectivity index (χ3v) is 4.93. The Balaban J connectivity index is 2.80. The Morgan fingerprint density at radius 3 is 2.42 bits per heavy atom. The first kappa shape index (κ1) is 22.4. The zero-order valence-electron chi connectivity index (χ0n) is 17.2. The highest BCUT2D eigenvalue weighted by Crippen LogP contribution is 2.19. The molecular formula is C20H34N4OS. The van der Waals surface area contributed by atoms with E-state index in [0.717, 1.165) is 24.6 Å². The van der Waals surface area contributed by atoms with Crippen LogP contribution in [0.1, 0.15) is 57.5 Å². The first-order chi connectivity index (χ1) is 12.1. The van der Waals surface area contributed by atoms with Crippen LogP contribution in [0.3, 0.4) is 0 Å². The number of thioether (sulfide) groups is 1. The fourth-order valence-corrected chi connectivity index (χ4v) is 2.32. The molecule has 0 aliphatic heterocycles. The van der Waals surface area contributed by atoms with Crippen molar-refractivity contribution in [2.45, 2.75) is 58.4 Å². The van der Waals surface area contributed by atoms with E-state index < -0.39 is 0 Å². The average molecular weight is 379 g/mol. The second kappa shape index (κ2) is 9.86. The van der Waals surface area contributed by atoms with Crippen LogP contribution in [0.25, 0.3) is 0 Å². The SMILES string of the molecule is CCNC(=NCc1cccc(C(=O)NC(C)(C)C)c1)NCC(C)(C)SC. The zero-order valence-corrected chi connectivity index (χ0v) is 18.0. The van der Waals surface area contributed by atoms with E-state index in [-0.39, 0.29) is 16.2 Å². The van der Waals surface area contributed by atoms with Crippen molar-refractivity contribution in [2.75, 3.05) is 19.3 Å². The molecule has 1 rings (SSSR count). The smallest absolute Gasteiger partial charge is 0.251 e. The van der Waals surface area contributed by atoms with Crippen LogP contribution in [-0.4, -0.2) is 41.5 Å². The normalized spacial score (nSPS) is 12.7. The lowest BCUT2D eigenvalue weighted by Crippen LogP contribution is -2.43. The Morgan fingerprint density at radius 1 is 1.15 bits per heavy atom. The standard InChI is InChI=1S/C20H34N4OS/c1-8-21-18(23-14-20(5,6)26-7)22-13-15-10-9-11-16(12-15)17(25)24-19(2,3)4/h9-12H,8,13-14H2,1-7H3,(H,24,25)(H2,21,22,23). The highest BCUT2D eigenvalue weighted by molar-refractivity contribution is 7.99. The Bertz CT molecular complexity index is 620. The Morgan fingerprint density at radius 2 is 1.85 bits per heavy atom. The van der Waals surface area contributed by atoms with Gasteiger partial charge in [-0.25, -0.2) is 4.99 Å². The van der Waals surface area contributed by atoms with Crippen molar-refractivity contribution in [3.63, 3.8) is 0 Å². The minimum Gasteiger partial charge on any atom is -0.357 e. The fraction of sp³-hybridized carbons (Fsp3) is 0.600. The van der Waals surface area contributed by atoms with Gasteiger partial charge >= 0.3 is 0 Å². The molecule has 1 aromatic rings. The molecular weight excluding hydrogens is 344 g/mol. The third kappa shape index (κ3) is 8.61. The van der Waals surface area contributed by atoms with Crippen molar-refractivity contribution in [2.24, 2.45) is 4.99 Å². The molecule has 26 heavy (non-hydrogen) atoms. The molecule has 0 fully saturated rings. The predicted molar refractivity (Wildman–Crippen MR) is 114 cm³/mol. The maximum atomic E-state index is 12.3. The second-order valence-electron chi connectivity index (χ2n) is 7.92. The lowest BCUT2D eigenvalue weighted by Gasteiger charge is -2.23. The highest BCUT2D eigenvalue weighted by atomic mass is 32.2. The topological polar surface area (TPSA) is 65.5 Å². The molecule has 0 saturated carbocycles. The third-order valence-electron chi connectivity index (χ3n) is 3.68. The summed E-state index contributed by atoms with van der Waals surface area (Å²) in [4.78, 5) is 17.0. The van der Waals surface area contributed by atoms with Crippen LogP contribution in [0.15, 0.2) is 29.3 Å². The van der Waals surface area contributed by atoms with E-state index in [0.29, 0.717) is 12.1 Å². The summed E-state index contributed by atoms with van der Waals surface area (Å²) in [5.41, 5.74) is 1.42. The van der Waals surface area contributed by atoms with Crippen molar-refractivity contribution in [3.05, 3.63) is 35.4 Å². The number of aliphatic imine (C=N–C) groups is 1. The van der Waals surface area contributed by atoms with Crippen LogP contribution in [0.2, 0.25) is 0 Å². The number of rotatable bonds is 7. The van der Waals surface area contributed by atoms with Gasteiger partial charge in [0.2, 0.25) is 0 Å². The van der Waals surface area contributed by atoms with E-state index in [2.05, 4.69) is 41.0 Å². The molecule has 146 valence electrons. The molecule has 1 amide bonds. The largest absolute Gasteiger partial charge is 0.357 e. The van der Waals surface area contributed by atoms with E-state index >= 15 is 0 Å². The van der Waals surface area contributed by atoms with Crippen molar-refractivity contribution >= 4 is 23.6 Å². The van der Waals surface area contributed by atoms with Gasteiger partial charge < -0.3 is 16.0 Å². The van der Waals surface area contributed by atoms with E-state index in [9.17, 15) is 4.79 Å². The number of nitrogens with zero attached hydrogens (tertiary/aromatic N) is 1. The predicted octanol–water partition coefficient (Wildman–Crippen LogP) is 3.41. The highest BCUT2D eigenvalue weighted by Gasteiger charge is 2.17. The van der Waals surface area contributed by atoms with Gasteiger partial charge in [-0.2, -0.15) is 11.8 Å². The number of carbonyl (C=O) groups is 1. The minimum atomic E-state index is -0.253. The lowest BCUT2D eigenvalue weighted by molar-refractivity contribution is 0.0919. The molecule has 1 aromatic carbocycles. The van der Waals surface area contributed by atoms with Crippen LogP contribution < -0.4 is 16.0 Å². The van der Waals surface area contributed by atoms with Gasteiger partial charge in [0.15, 0.2) is 5.96 Å². The Labute approximate surface area is 162 Å². The summed E-state index contributed by atoms with van der Waals surface area (Å²) in [6, 6.07) is 7.63.